The number of hydrogen-bond acceptors (Lipinski definition) is 2. The van der Waals surface area contributed by atoms with E-state index in [1.54, 1.807) is 0 Å². The monoisotopic (exact) mass is 323 g/mol. The van der Waals surface area contributed by atoms with E-state index in [-0.39, 0.29) is 6.04 Å². The van der Waals surface area contributed by atoms with E-state index >= 15 is 0 Å². The summed E-state index contributed by atoms with van der Waals surface area (Å²) in [7, 11) is -0.835. The minimum absolute atomic E-state index is 0.0136. The van der Waals surface area contributed by atoms with E-state index in [1.807, 2.05) is 31.2 Å². The summed E-state index contributed by atoms with van der Waals surface area (Å²) in [6.07, 6.45) is 0. The van der Waals surface area contributed by atoms with Crippen molar-refractivity contribution in [1.29, 1.82) is 0 Å². The zero-order valence-electron chi connectivity index (χ0n) is 8.07. The molecule has 0 bridgehead atoms. The van der Waals surface area contributed by atoms with Crippen molar-refractivity contribution < 1.29 is 4.21 Å². The van der Waals surface area contributed by atoms with Crippen LogP contribution in [0.5, 0.6) is 0 Å². The SMILES string of the molecule is CC(N)CS(=O)Cc1ccc(I)cc1. The normalized spacial score (nSPS) is 15.1. The van der Waals surface area contributed by atoms with Crippen LogP contribution in [0, 0.1) is 3.57 Å². The van der Waals surface area contributed by atoms with Crippen LogP contribution in [0.2, 0.25) is 0 Å². The Balaban J connectivity index is 2.52. The van der Waals surface area contributed by atoms with Crippen LogP contribution >= 0.6 is 22.6 Å². The maximum Gasteiger partial charge on any atom is 0.0486 e. The van der Waals surface area contributed by atoms with Gasteiger partial charge in [0.1, 0.15) is 0 Å². The number of rotatable bonds is 4. The third-order valence-corrected chi connectivity index (χ3v) is 3.96. The zero-order valence-corrected chi connectivity index (χ0v) is 11.0. The molecule has 0 aliphatic heterocycles. The van der Waals surface area contributed by atoms with Crippen LogP contribution in [0.4, 0.5) is 0 Å². The minimum Gasteiger partial charge on any atom is -0.327 e. The van der Waals surface area contributed by atoms with Crippen molar-refractivity contribution in [3.63, 3.8) is 0 Å². The predicted molar refractivity (Wildman–Crippen MR) is 69.5 cm³/mol. The van der Waals surface area contributed by atoms with E-state index in [2.05, 4.69) is 22.6 Å². The summed E-state index contributed by atoms with van der Waals surface area (Å²) in [5.74, 6) is 1.18. The van der Waals surface area contributed by atoms with E-state index in [0.717, 1.165) is 5.56 Å². The molecular formula is C10H14INOS. The lowest BCUT2D eigenvalue weighted by Crippen LogP contribution is -2.23. The van der Waals surface area contributed by atoms with Crippen LogP contribution in [0.25, 0.3) is 0 Å². The highest BCUT2D eigenvalue weighted by Gasteiger charge is 2.04. The summed E-state index contributed by atoms with van der Waals surface area (Å²) in [6, 6.07) is 8.10. The van der Waals surface area contributed by atoms with E-state index in [9.17, 15) is 4.21 Å². The van der Waals surface area contributed by atoms with Crippen LogP contribution in [0.15, 0.2) is 24.3 Å². The van der Waals surface area contributed by atoms with E-state index in [1.165, 1.54) is 3.57 Å². The van der Waals surface area contributed by atoms with Crippen LogP contribution in [0.1, 0.15) is 12.5 Å². The Kier molecular flexibility index (Phi) is 5.05. The predicted octanol–water partition coefficient (Wildman–Crippen LogP) is 1.89. The molecular weight excluding hydrogens is 309 g/mol. The molecule has 2 N–H and O–H groups in total. The van der Waals surface area contributed by atoms with Gasteiger partial charge in [0, 0.05) is 31.9 Å². The van der Waals surface area contributed by atoms with Crippen molar-refractivity contribution in [1.82, 2.24) is 0 Å². The van der Waals surface area contributed by atoms with Gasteiger partial charge in [-0.1, -0.05) is 12.1 Å². The topological polar surface area (TPSA) is 43.1 Å². The molecule has 0 aliphatic rings. The lowest BCUT2D eigenvalue weighted by molar-refractivity contribution is 0.676. The van der Waals surface area contributed by atoms with E-state index < -0.39 is 10.8 Å². The number of halogens is 1. The average molecular weight is 323 g/mol. The number of benzene rings is 1. The first-order valence-corrected chi connectivity index (χ1v) is 6.99. The maximum atomic E-state index is 11.5. The quantitative estimate of drug-likeness (QED) is 0.860. The van der Waals surface area contributed by atoms with Gasteiger partial charge in [-0.2, -0.15) is 0 Å². The largest absolute Gasteiger partial charge is 0.327 e. The summed E-state index contributed by atoms with van der Waals surface area (Å²) in [5.41, 5.74) is 6.69. The van der Waals surface area contributed by atoms with Crippen LogP contribution in [-0.4, -0.2) is 16.0 Å². The molecule has 0 saturated carbocycles. The first kappa shape index (κ1) is 12.1. The van der Waals surface area contributed by atoms with E-state index in [4.69, 9.17) is 5.73 Å². The van der Waals surface area contributed by atoms with Gasteiger partial charge in [-0.15, -0.1) is 0 Å². The van der Waals surface area contributed by atoms with Crippen molar-refractivity contribution in [2.24, 2.45) is 5.73 Å². The first-order chi connectivity index (χ1) is 6.58. The number of hydrogen-bond donors (Lipinski definition) is 1. The minimum atomic E-state index is -0.835. The van der Waals surface area contributed by atoms with Gasteiger partial charge in [0.05, 0.1) is 0 Å². The molecule has 0 heterocycles. The molecule has 1 aromatic rings. The van der Waals surface area contributed by atoms with Crippen molar-refractivity contribution in [3.8, 4) is 0 Å². The second-order valence-electron chi connectivity index (χ2n) is 3.35. The highest BCUT2D eigenvalue weighted by Crippen LogP contribution is 2.08. The summed E-state index contributed by atoms with van der Waals surface area (Å²) < 4.78 is 12.7. The van der Waals surface area contributed by atoms with Crippen LogP contribution in [-0.2, 0) is 16.6 Å². The summed E-state index contributed by atoms with van der Waals surface area (Å²) in [6.45, 7) is 1.88. The van der Waals surface area contributed by atoms with Gasteiger partial charge in [0.2, 0.25) is 0 Å². The Bertz CT molecular complexity index is 310. The Hall–Kier alpha value is 0.0600. The molecule has 0 aromatic heterocycles. The Morgan fingerprint density at radius 3 is 2.50 bits per heavy atom. The summed E-state index contributed by atoms with van der Waals surface area (Å²) >= 11 is 2.25. The van der Waals surface area contributed by atoms with Gasteiger partial charge < -0.3 is 5.73 Å². The maximum absolute atomic E-state index is 11.5. The highest BCUT2D eigenvalue weighted by atomic mass is 127. The fourth-order valence-electron chi connectivity index (χ4n) is 1.12. The summed E-state index contributed by atoms with van der Waals surface area (Å²) in [4.78, 5) is 0. The average Bonchev–Trinajstić information content (AvgIpc) is 2.07. The molecule has 0 radical (unpaired) electrons. The number of nitrogens with two attached hydrogens (primary N) is 1. The van der Waals surface area contributed by atoms with Crippen molar-refractivity contribution in [2.75, 3.05) is 5.75 Å². The van der Waals surface area contributed by atoms with E-state index in [0.29, 0.717) is 11.5 Å². The van der Waals surface area contributed by atoms with Crippen LogP contribution in [0.3, 0.4) is 0 Å². The molecule has 2 atom stereocenters. The molecule has 1 aromatic carbocycles. The van der Waals surface area contributed by atoms with Gasteiger partial charge in [0.25, 0.3) is 0 Å². The van der Waals surface area contributed by atoms with Gasteiger partial charge in [-0.05, 0) is 47.2 Å². The molecule has 4 heteroatoms. The van der Waals surface area contributed by atoms with Gasteiger partial charge >= 0.3 is 0 Å². The van der Waals surface area contributed by atoms with Crippen molar-refractivity contribution in [3.05, 3.63) is 33.4 Å². The molecule has 2 nitrogen and oxygen atoms in total. The van der Waals surface area contributed by atoms with Crippen molar-refractivity contribution >= 4 is 33.4 Å². The smallest absolute Gasteiger partial charge is 0.0486 e. The lowest BCUT2D eigenvalue weighted by atomic mass is 10.2. The van der Waals surface area contributed by atoms with Crippen LogP contribution < -0.4 is 5.73 Å². The molecule has 0 saturated heterocycles. The molecule has 0 amide bonds. The third-order valence-electron chi connectivity index (χ3n) is 1.69. The van der Waals surface area contributed by atoms with Gasteiger partial charge in [-0.3, -0.25) is 4.21 Å². The molecule has 1 rings (SSSR count). The molecule has 0 fully saturated rings. The molecule has 2 unspecified atom stereocenters. The van der Waals surface area contributed by atoms with Gasteiger partial charge in [0.15, 0.2) is 0 Å². The fraction of sp³-hybridized carbons (Fsp3) is 0.400. The zero-order chi connectivity index (χ0) is 10.6. The van der Waals surface area contributed by atoms with Crippen molar-refractivity contribution in [2.45, 2.75) is 18.7 Å². The Morgan fingerprint density at radius 1 is 1.43 bits per heavy atom. The van der Waals surface area contributed by atoms with Gasteiger partial charge in [-0.25, -0.2) is 0 Å². The molecule has 0 spiro atoms. The second-order valence-corrected chi connectivity index (χ2v) is 6.10. The second kappa shape index (κ2) is 5.82. The first-order valence-electron chi connectivity index (χ1n) is 4.43. The molecule has 14 heavy (non-hydrogen) atoms. The third kappa shape index (κ3) is 4.52. The summed E-state index contributed by atoms with van der Waals surface area (Å²) in [5, 5.41) is 0. The lowest BCUT2D eigenvalue weighted by Gasteiger charge is -2.05. The Labute approximate surface area is 101 Å². The highest BCUT2D eigenvalue weighted by molar-refractivity contribution is 14.1. The fourth-order valence-corrected chi connectivity index (χ4v) is 2.75. The molecule has 0 aliphatic carbocycles. The Morgan fingerprint density at radius 2 is 2.00 bits per heavy atom. The standard InChI is InChI=1S/C10H14INOS/c1-8(12)6-14(13)7-9-2-4-10(11)5-3-9/h2-5,8H,6-7,12H2,1H3. The molecule has 78 valence electrons.